The molecule has 0 aliphatic carbocycles. The van der Waals surface area contributed by atoms with Crippen molar-refractivity contribution in [1.29, 1.82) is 0 Å². The lowest BCUT2D eigenvalue weighted by Gasteiger charge is -2.09. The quantitative estimate of drug-likeness (QED) is 0.213. The van der Waals surface area contributed by atoms with Gasteiger partial charge in [-0.25, -0.2) is 0 Å². The van der Waals surface area contributed by atoms with Gasteiger partial charge in [0, 0.05) is 5.56 Å². The lowest BCUT2D eigenvalue weighted by molar-refractivity contribution is -0.0191. The van der Waals surface area contributed by atoms with Gasteiger partial charge in [-0.2, -0.15) is 0 Å². The van der Waals surface area contributed by atoms with Crippen LogP contribution >= 0.6 is 0 Å². The van der Waals surface area contributed by atoms with Crippen LogP contribution < -0.4 is 4.74 Å². The molecule has 0 saturated carbocycles. The van der Waals surface area contributed by atoms with Crippen molar-refractivity contribution in [1.82, 2.24) is 0 Å². The second-order valence-corrected chi connectivity index (χ2v) is 5.93. The van der Waals surface area contributed by atoms with E-state index in [9.17, 15) is 4.79 Å². The molecule has 172 valence electrons. The van der Waals surface area contributed by atoms with E-state index in [-0.39, 0.29) is 6.61 Å². The van der Waals surface area contributed by atoms with E-state index >= 15 is 0 Å². The molecule has 0 atom stereocenters. The minimum Gasteiger partial charge on any atom is -0.491 e. The van der Waals surface area contributed by atoms with E-state index in [4.69, 9.17) is 38.3 Å². The lowest BCUT2D eigenvalue weighted by atomic mass is 10.2. The molecule has 0 spiro atoms. The molecular weight excluding hydrogens is 396 g/mol. The maximum atomic E-state index is 10.6. The number of aliphatic hydroxyl groups excluding tert-OH is 1. The topological polar surface area (TPSA) is 102 Å². The summed E-state index contributed by atoms with van der Waals surface area (Å²) < 4.78 is 37.5. The fraction of sp³-hybridized carbons (Fsp3) is 0.667. The van der Waals surface area contributed by atoms with Gasteiger partial charge in [0.15, 0.2) is 0 Å². The molecule has 1 N–H and O–H groups in total. The van der Waals surface area contributed by atoms with Crippen LogP contribution in [0.2, 0.25) is 0 Å². The number of rotatable bonds is 22. The Balaban J connectivity index is 1.72. The molecule has 9 heteroatoms. The van der Waals surface area contributed by atoms with Gasteiger partial charge in [-0.15, -0.1) is 0 Å². The van der Waals surface area contributed by atoms with Crippen LogP contribution in [0.15, 0.2) is 24.3 Å². The molecule has 0 unspecified atom stereocenters. The first-order chi connectivity index (χ1) is 14.9. The van der Waals surface area contributed by atoms with E-state index < -0.39 is 0 Å². The maximum Gasteiger partial charge on any atom is 0.150 e. The van der Waals surface area contributed by atoms with Crippen molar-refractivity contribution in [2.75, 3.05) is 92.5 Å². The molecule has 0 fully saturated rings. The van der Waals surface area contributed by atoms with Crippen LogP contribution in [-0.4, -0.2) is 104 Å². The van der Waals surface area contributed by atoms with Gasteiger partial charge in [0.25, 0.3) is 0 Å². The standard InChI is InChI=1S/C21H34O9/c22-5-6-24-7-8-25-9-10-26-11-12-27-13-14-28-15-16-29-17-18-30-21-3-1-20(19-23)2-4-21/h1-4,19,22H,5-18H2. The van der Waals surface area contributed by atoms with Crippen LogP contribution in [0, 0.1) is 0 Å². The van der Waals surface area contributed by atoms with Crippen LogP contribution in [0.3, 0.4) is 0 Å². The predicted molar refractivity (Wildman–Crippen MR) is 109 cm³/mol. The Morgan fingerprint density at radius 2 is 0.933 bits per heavy atom. The van der Waals surface area contributed by atoms with E-state index in [0.29, 0.717) is 97.2 Å². The normalized spacial score (nSPS) is 11.0. The Labute approximate surface area is 178 Å². The van der Waals surface area contributed by atoms with Crippen molar-refractivity contribution in [3.63, 3.8) is 0 Å². The average molecular weight is 430 g/mol. The van der Waals surface area contributed by atoms with Gasteiger partial charge in [0.05, 0.1) is 85.9 Å². The van der Waals surface area contributed by atoms with E-state index in [2.05, 4.69) is 0 Å². The third-order valence-electron chi connectivity index (χ3n) is 3.61. The summed E-state index contributed by atoms with van der Waals surface area (Å²) >= 11 is 0. The predicted octanol–water partition coefficient (Wildman–Crippen LogP) is 0.970. The van der Waals surface area contributed by atoms with Crippen molar-refractivity contribution in [3.05, 3.63) is 29.8 Å². The third-order valence-corrected chi connectivity index (χ3v) is 3.61. The smallest absolute Gasteiger partial charge is 0.150 e. The van der Waals surface area contributed by atoms with Gasteiger partial charge in [0.2, 0.25) is 0 Å². The molecule has 0 aliphatic rings. The fourth-order valence-electron chi connectivity index (χ4n) is 2.13. The van der Waals surface area contributed by atoms with E-state index in [0.717, 1.165) is 6.29 Å². The number of benzene rings is 1. The number of carbonyl (C=O) groups is 1. The van der Waals surface area contributed by atoms with E-state index in [1.54, 1.807) is 24.3 Å². The number of carbonyl (C=O) groups excluding carboxylic acids is 1. The molecule has 0 saturated heterocycles. The summed E-state index contributed by atoms with van der Waals surface area (Å²) in [4.78, 5) is 10.6. The summed E-state index contributed by atoms with van der Waals surface area (Å²) in [5, 5.41) is 8.53. The molecule has 30 heavy (non-hydrogen) atoms. The molecule has 1 aromatic rings. The summed E-state index contributed by atoms with van der Waals surface area (Å²) in [5.74, 6) is 0.706. The van der Waals surface area contributed by atoms with E-state index in [1.807, 2.05) is 0 Å². The Morgan fingerprint density at radius 1 is 0.567 bits per heavy atom. The molecule has 0 heterocycles. The fourth-order valence-corrected chi connectivity index (χ4v) is 2.13. The zero-order valence-corrected chi connectivity index (χ0v) is 17.5. The largest absolute Gasteiger partial charge is 0.491 e. The second kappa shape index (κ2) is 20.7. The Morgan fingerprint density at radius 3 is 1.30 bits per heavy atom. The van der Waals surface area contributed by atoms with Crippen LogP contribution in [0.25, 0.3) is 0 Å². The summed E-state index contributed by atoms with van der Waals surface area (Å²) in [5.41, 5.74) is 0.620. The molecule has 0 aromatic heterocycles. The first-order valence-corrected chi connectivity index (χ1v) is 10.1. The molecule has 1 rings (SSSR count). The molecule has 0 radical (unpaired) electrons. The zero-order valence-electron chi connectivity index (χ0n) is 17.5. The monoisotopic (exact) mass is 430 g/mol. The number of hydrogen-bond acceptors (Lipinski definition) is 9. The SMILES string of the molecule is O=Cc1ccc(OCCOCCOCCOCCOCCOCCOCCO)cc1. The van der Waals surface area contributed by atoms with Crippen molar-refractivity contribution in [2.24, 2.45) is 0 Å². The van der Waals surface area contributed by atoms with Crippen LogP contribution in [0.4, 0.5) is 0 Å². The summed E-state index contributed by atoms with van der Waals surface area (Å²) in [7, 11) is 0. The van der Waals surface area contributed by atoms with E-state index in [1.165, 1.54) is 0 Å². The average Bonchev–Trinajstić information content (AvgIpc) is 2.78. The molecular formula is C21H34O9. The Kier molecular flexibility index (Phi) is 18.2. The minimum atomic E-state index is 0.0265. The summed E-state index contributed by atoms with van der Waals surface area (Å²) in [6.45, 7) is 6.23. The van der Waals surface area contributed by atoms with Gasteiger partial charge in [-0.3, -0.25) is 4.79 Å². The summed E-state index contributed by atoms with van der Waals surface area (Å²) in [6, 6.07) is 6.92. The van der Waals surface area contributed by atoms with Crippen LogP contribution in [0.5, 0.6) is 5.75 Å². The molecule has 0 amide bonds. The minimum absolute atomic E-state index is 0.0265. The lowest BCUT2D eigenvalue weighted by Crippen LogP contribution is -2.15. The van der Waals surface area contributed by atoms with Gasteiger partial charge in [0.1, 0.15) is 18.6 Å². The third kappa shape index (κ3) is 16.2. The highest BCUT2D eigenvalue weighted by Crippen LogP contribution is 2.10. The van der Waals surface area contributed by atoms with Gasteiger partial charge >= 0.3 is 0 Å². The van der Waals surface area contributed by atoms with Crippen molar-refractivity contribution >= 4 is 6.29 Å². The first-order valence-electron chi connectivity index (χ1n) is 10.1. The van der Waals surface area contributed by atoms with Crippen molar-refractivity contribution in [2.45, 2.75) is 0 Å². The zero-order chi connectivity index (χ0) is 21.5. The second-order valence-electron chi connectivity index (χ2n) is 5.93. The Bertz CT molecular complexity index is 496. The number of hydrogen-bond donors (Lipinski definition) is 1. The molecule has 1 aromatic carbocycles. The maximum absolute atomic E-state index is 10.6. The number of aliphatic hydroxyl groups is 1. The highest BCUT2D eigenvalue weighted by Gasteiger charge is 1.96. The number of ether oxygens (including phenoxy) is 7. The first kappa shape index (κ1) is 26.4. The molecule has 0 bridgehead atoms. The van der Waals surface area contributed by atoms with Crippen molar-refractivity contribution in [3.8, 4) is 5.75 Å². The summed E-state index contributed by atoms with van der Waals surface area (Å²) in [6.07, 6.45) is 0.796. The van der Waals surface area contributed by atoms with Crippen LogP contribution in [0.1, 0.15) is 10.4 Å². The molecule has 9 nitrogen and oxygen atoms in total. The molecule has 0 aliphatic heterocycles. The van der Waals surface area contributed by atoms with Crippen molar-refractivity contribution < 1.29 is 43.1 Å². The van der Waals surface area contributed by atoms with Gasteiger partial charge < -0.3 is 38.3 Å². The highest BCUT2D eigenvalue weighted by atomic mass is 16.6. The number of aldehydes is 1. The van der Waals surface area contributed by atoms with Crippen LogP contribution in [-0.2, 0) is 28.4 Å². The highest BCUT2D eigenvalue weighted by molar-refractivity contribution is 5.74. The van der Waals surface area contributed by atoms with Gasteiger partial charge in [-0.05, 0) is 24.3 Å². The Hall–Kier alpha value is -1.59. The van der Waals surface area contributed by atoms with Gasteiger partial charge in [-0.1, -0.05) is 0 Å².